The van der Waals surface area contributed by atoms with Crippen LogP contribution in [-0.4, -0.2) is 21.5 Å². The molecule has 2 rings (SSSR count). The van der Waals surface area contributed by atoms with Gasteiger partial charge in [-0.1, -0.05) is 6.92 Å². The van der Waals surface area contributed by atoms with E-state index in [1.54, 1.807) is 11.3 Å². The van der Waals surface area contributed by atoms with Crippen LogP contribution in [0, 0.1) is 13.8 Å². The lowest BCUT2D eigenvalue weighted by Crippen LogP contribution is -2.11. The molecule has 20 heavy (non-hydrogen) atoms. The van der Waals surface area contributed by atoms with Gasteiger partial charge in [-0.15, -0.1) is 11.3 Å². The number of nitrogens with one attached hydrogen (secondary N) is 2. The van der Waals surface area contributed by atoms with Crippen molar-refractivity contribution in [1.29, 1.82) is 0 Å². The van der Waals surface area contributed by atoms with Crippen molar-refractivity contribution in [2.24, 2.45) is 0 Å². The molecule has 0 radical (unpaired) electrons. The first kappa shape index (κ1) is 14.7. The highest BCUT2D eigenvalue weighted by Gasteiger charge is 2.11. The molecule has 1 atom stereocenters. The lowest BCUT2D eigenvalue weighted by molar-refractivity contribution is 0.850. The number of thiazole rings is 1. The predicted octanol–water partition coefficient (Wildman–Crippen LogP) is 3.54. The van der Waals surface area contributed by atoms with Crippen LogP contribution in [0.25, 0.3) is 0 Å². The van der Waals surface area contributed by atoms with Gasteiger partial charge in [-0.3, -0.25) is 0 Å². The third-order valence-electron chi connectivity index (χ3n) is 2.76. The number of hydrogen-bond acceptors (Lipinski definition) is 6. The van der Waals surface area contributed by atoms with Crippen molar-refractivity contribution in [2.45, 2.75) is 40.2 Å². The highest BCUT2D eigenvalue weighted by molar-refractivity contribution is 7.09. The smallest absolute Gasteiger partial charge is 0.224 e. The molecule has 2 heterocycles. The van der Waals surface area contributed by atoms with Gasteiger partial charge in [0.25, 0.3) is 0 Å². The van der Waals surface area contributed by atoms with E-state index in [1.807, 2.05) is 19.9 Å². The molecule has 0 spiro atoms. The van der Waals surface area contributed by atoms with Gasteiger partial charge >= 0.3 is 0 Å². The minimum atomic E-state index is 0.141. The standard InChI is InChI=1S/C14H21N5S/c1-5-6-15-14-17-9(2)7-12(19-14)18-11(4)13-16-10(3)8-20-13/h7-8,11H,5-6H2,1-4H3,(H2,15,17,18,19). The Bertz CT molecular complexity index is 566. The summed E-state index contributed by atoms with van der Waals surface area (Å²) in [6, 6.07) is 2.09. The molecular formula is C14H21N5S. The van der Waals surface area contributed by atoms with E-state index in [0.717, 1.165) is 35.2 Å². The number of rotatable bonds is 6. The first-order chi connectivity index (χ1) is 9.58. The molecule has 0 amide bonds. The third-order valence-corrected chi connectivity index (χ3v) is 3.90. The van der Waals surface area contributed by atoms with E-state index in [2.05, 4.69) is 44.8 Å². The van der Waals surface area contributed by atoms with Gasteiger partial charge < -0.3 is 10.6 Å². The zero-order valence-electron chi connectivity index (χ0n) is 12.4. The molecular weight excluding hydrogens is 270 g/mol. The van der Waals surface area contributed by atoms with Crippen molar-refractivity contribution in [2.75, 3.05) is 17.2 Å². The normalized spacial score (nSPS) is 12.2. The van der Waals surface area contributed by atoms with Gasteiger partial charge in [-0.05, 0) is 27.2 Å². The van der Waals surface area contributed by atoms with Gasteiger partial charge in [0.1, 0.15) is 10.8 Å². The van der Waals surface area contributed by atoms with Crippen LogP contribution in [-0.2, 0) is 0 Å². The summed E-state index contributed by atoms with van der Waals surface area (Å²) in [6.45, 7) is 9.07. The second-order valence-corrected chi connectivity index (χ2v) is 5.73. The zero-order valence-corrected chi connectivity index (χ0v) is 13.2. The number of hydrogen-bond donors (Lipinski definition) is 2. The quantitative estimate of drug-likeness (QED) is 0.852. The molecule has 0 bridgehead atoms. The Morgan fingerprint density at radius 3 is 2.65 bits per heavy atom. The SMILES string of the molecule is CCCNc1nc(C)cc(NC(C)c2nc(C)cs2)n1. The molecule has 2 aromatic rings. The molecule has 0 saturated carbocycles. The Balaban J connectivity index is 2.10. The van der Waals surface area contributed by atoms with Crippen LogP contribution < -0.4 is 10.6 Å². The van der Waals surface area contributed by atoms with Crippen LogP contribution in [0.1, 0.15) is 42.7 Å². The summed E-state index contributed by atoms with van der Waals surface area (Å²) in [5.41, 5.74) is 2.01. The third kappa shape index (κ3) is 3.90. The second kappa shape index (κ2) is 6.65. The fourth-order valence-electron chi connectivity index (χ4n) is 1.81. The van der Waals surface area contributed by atoms with Gasteiger partial charge in [0, 0.05) is 29.4 Å². The average molecular weight is 291 g/mol. The summed E-state index contributed by atoms with van der Waals surface area (Å²) in [6.07, 6.45) is 1.05. The van der Waals surface area contributed by atoms with E-state index in [9.17, 15) is 0 Å². The van der Waals surface area contributed by atoms with Crippen molar-refractivity contribution < 1.29 is 0 Å². The van der Waals surface area contributed by atoms with Crippen molar-refractivity contribution in [3.8, 4) is 0 Å². The molecule has 2 N–H and O–H groups in total. The van der Waals surface area contributed by atoms with Gasteiger partial charge in [0.15, 0.2) is 0 Å². The van der Waals surface area contributed by atoms with E-state index in [1.165, 1.54) is 0 Å². The first-order valence-corrected chi connectivity index (χ1v) is 7.74. The minimum absolute atomic E-state index is 0.141. The molecule has 1 unspecified atom stereocenters. The topological polar surface area (TPSA) is 62.7 Å². The van der Waals surface area contributed by atoms with Gasteiger partial charge in [-0.2, -0.15) is 4.98 Å². The number of anilines is 2. The average Bonchev–Trinajstić information content (AvgIpc) is 2.82. The van der Waals surface area contributed by atoms with Crippen molar-refractivity contribution in [3.05, 3.63) is 27.8 Å². The van der Waals surface area contributed by atoms with E-state index < -0.39 is 0 Å². The Morgan fingerprint density at radius 2 is 2.00 bits per heavy atom. The minimum Gasteiger partial charge on any atom is -0.361 e. The lowest BCUT2D eigenvalue weighted by atomic mass is 10.3. The molecule has 0 aliphatic rings. The van der Waals surface area contributed by atoms with Crippen molar-refractivity contribution in [3.63, 3.8) is 0 Å². The Hall–Kier alpha value is -1.69. The zero-order chi connectivity index (χ0) is 14.5. The summed E-state index contributed by atoms with van der Waals surface area (Å²) in [4.78, 5) is 13.4. The van der Waals surface area contributed by atoms with E-state index >= 15 is 0 Å². The van der Waals surface area contributed by atoms with Crippen LogP contribution in [0.3, 0.4) is 0 Å². The maximum absolute atomic E-state index is 4.50. The lowest BCUT2D eigenvalue weighted by Gasteiger charge is -2.13. The molecule has 0 aliphatic carbocycles. The number of nitrogens with zero attached hydrogens (tertiary/aromatic N) is 3. The monoisotopic (exact) mass is 291 g/mol. The maximum Gasteiger partial charge on any atom is 0.224 e. The fraction of sp³-hybridized carbons (Fsp3) is 0.500. The first-order valence-electron chi connectivity index (χ1n) is 6.86. The molecule has 0 saturated heterocycles. The highest BCUT2D eigenvalue weighted by atomic mass is 32.1. The van der Waals surface area contributed by atoms with Crippen LogP contribution >= 0.6 is 11.3 Å². The van der Waals surface area contributed by atoms with E-state index in [4.69, 9.17) is 0 Å². The Morgan fingerprint density at radius 1 is 1.20 bits per heavy atom. The van der Waals surface area contributed by atoms with Crippen LogP contribution in [0.5, 0.6) is 0 Å². The van der Waals surface area contributed by atoms with Crippen LogP contribution in [0.2, 0.25) is 0 Å². The van der Waals surface area contributed by atoms with Gasteiger partial charge in [0.05, 0.1) is 6.04 Å². The van der Waals surface area contributed by atoms with Crippen molar-refractivity contribution in [1.82, 2.24) is 15.0 Å². The van der Waals surface area contributed by atoms with Gasteiger partial charge in [0.2, 0.25) is 5.95 Å². The summed E-state index contributed by atoms with van der Waals surface area (Å²) in [5, 5.41) is 9.74. The van der Waals surface area contributed by atoms with Crippen LogP contribution in [0.4, 0.5) is 11.8 Å². The van der Waals surface area contributed by atoms with Gasteiger partial charge in [-0.25, -0.2) is 9.97 Å². The molecule has 0 aliphatic heterocycles. The van der Waals surface area contributed by atoms with E-state index in [0.29, 0.717) is 5.95 Å². The highest BCUT2D eigenvalue weighted by Crippen LogP contribution is 2.22. The fourth-order valence-corrected chi connectivity index (χ4v) is 2.62. The number of aromatic nitrogens is 3. The molecule has 2 aromatic heterocycles. The summed E-state index contributed by atoms with van der Waals surface area (Å²) in [7, 11) is 0. The summed E-state index contributed by atoms with van der Waals surface area (Å²) in [5.74, 6) is 1.51. The molecule has 6 heteroatoms. The molecule has 0 fully saturated rings. The Kier molecular flexibility index (Phi) is 4.89. The Labute approximate surface area is 123 Å². The maximum atomic E-state index is 4.50. The molecule has 108 valence electrons. The largest absolute Gasteiger partial charge is 0.361 e. The summed E-state index contributed by atoms with van der Waals surface area (Å²) >= 11 is 1.67. The summed E-state index contributed by atoms with van der Waals surface area (Å²) < 4.78 is 0. The van der Waals surface area contributed by atoms with Crippen molar-refractivity contribution >= 4 is 23.1 Å². The number of aryl methyl sites for hydroxylation is 2. The van der Waals surface area contributed by atoms with Crippen LogP contribution in [0.15, 0.2) is 11.4 Å². The molecule has 0 aromatic carbocycles. The van der Waals surface area contributed by atoms with E-state index in [-0.39, 0.29) is 6.04 Å². The second-order valence-electron chi connectivity index (χ2n) is 4.84. The predicted molar refractivity (Wildman–Crippen MR) is 84.4 cm³/mol. The molecule has 5 nitrogen and oxygen atoms in total.